The van der Waals surface area contributed by atoms with Crippen molar-refractivity contribution >= 4 is 21.8 Å². The van der Waals surface area contributed by atoms with Crippen molar-refractivity contribution in [1.82, 2.24) is 15.4 Å². The van der Waals surface area contributed by atoms with Crippen molar-refractivity contribution in [3.63, 3.8) is 0 Å². The predicted octanol–water partition coefficient (Wildman–Crippen LogP) is 3.01. The quantitative estimate of drug-likeness (QED) is 0.451. The number of hydrogen-bond acceptors (Lipinski definition) is 5. The molecule has 0 aromatic heterocycles. The van der Waals surface area contributed by atoms with Crippen molar-refractivity contribution in [3.05, 3.63) is 0 Å². The van der Waals surface area contributed by atoms with Gasteiger partial charge < -0.3 is 15.4 Å². The topological polar surface area (TPSA) is 114 Å². The Hall–Kier alpha value is -1.19. The average Bonchev–Trinajstić information content (AvgIpc) is 2.79. The van der Waals surface area contributed by atoms with Crippen molar-refractivity contribution in [2.75, 3.05) is 6.61 Å². The number of ether oxygens (including phenoxy) is 1. The van der Waals surface area contributed by atoms with Gasteiger partial charge in [0.2, 0.25) is 21.8 Å². The van der Waals surface area contributed by atoms with E-state index in [1.807, 2.05) is 20.8 Å². The highest BCUT2D eigenvalue weighted by atomic mass is 32.2. The van der Waals surface area contributed by atoms with Gasteiger partial charge in [0.15, 0.2) is 0 Å². The molecule has 0 heterocycles. The van der Waals surface area contributed by atoms with Gasteiger partial charge in [0, 0.05) is 36.6 Å². The zero-order valence-corrected chi connectivity index (χ0v) is 22.0. The molecule has 8 nitrogen and oxygen atoms in total. The second-order valence-electron chi connectivity index (χ2n) is 10.8. The van der Waals surface area contributed by atoms with E-state index < -0.39 is 10.0 Å². The highest BCUT2D eigenvalue weighted by molar-refractivity contribution is 7.90. The number of carbonyl (C=O) groups is 2. The lowest BCUT2D eigenvalue weighted by Gasteiger charge is -2.34. The van der Waals surface area contributed by atoms with Crippen LogP contribution < -0.4 is 15.4 Å². The van der Waals surface area contributed by atoms with Crippen molar-refractivity contribution < 1.29 is 22.7 Å². The van der Waals surface area contributed by atoms with E-state index in [0.717, 1.165) is 51.4 Å². The molecule has 0 saturated heterocycles. The highest BCUT2D eigenvalue weighted by Crippen LogP contribution is 2.30. The average molecular weight is 500 g/mol. The Morgan fingerprint density at radius 1 is 0.853 bits per heavy atom. The van der Waals surface area contributed by atoms with E-state index >= 15 is 0 Å². The molecule has 0 aromatic carbocycles. The van der Waals surface area contributed by atoms with Crippen LogP contribution in [0.2, 0.25) is 0 Å². The number of sulfonamides is 1. The molecule has 0 spiro atoms. The maximum Gasteiger partial charge on any atom is 0.223 e. The zero-order valence-electron chi connectivity index (χ0n) is 21.2. The third kappa shape index (κ3) is 7.92. The van der Waals surface area contributed by atoms with Gasteiger partial charge in [-0.15, -0.1) is 0 Å². The third-order valence-electron chi connectivity index (χ3n) is 7.66. The van der Waals surface area contributed by atoms with Crippen LogP contribution in [-0.2, 0) is 24.3 Å². The first-order chi connectivity index (χ1) is 16.2. The van der Waals surface area contributed by atoms with Gasteiger partial charge in [-0.2, -0.15) is 0 Å². The monoisotopic (exact) mass is 499 g/mol. The molecule has 2 amide bonds. The van der Waals surface area contributed by atoms with E-state index in [1.165, 1.54) is 0 Å². The summed E-state index contributed by atoms with van der Waals surface area (Å²) < 4.78 is 34.6. The molecule has 3 aliphatic rings. The molecule has 3 aliphatic carbocycles. The molecule has 0 aromatic rings. The van der Waals surface area contributed by atoms with E-state index in [-0.39, 0.29) is 53.1 Å². The van der Waals surface area contributed by atoms with Crippen LogP contribution in [0.3, 0.4) is 0 Å². The van der Waals surface area contributed by atoms with Gasteiger partial charge in [0.1, 0.15) is 0 Å². The van der Waals surface area contributed by atoms with Gasteiger partial charge >= 0.3 is 0 Å². The number of rotatable bonds is 9. The second-order valence-corrected chi connectivity index (χ2v) is 12.8. The molecular formula is C25H45N3O5S. The van der Waals surface area contributed by atoms with Crippen molar-refractivity contribution in [2.45, 2.75) is 127 Å². The minimum absolute atomic E-state index is 0.0102. The van der Waals surface area contributed by atoms with Crippen LogP contribution in [0.4, 0.5) is 0 Å². The number of nitrogens with one attached hydrogen (secondary N) is 3. The summed E-state index contributed by atoms with van der Waals surface area (Å²) in [5.41, 5.74) is 0. The Labute approximate surface area is 205 Å². The molecule has 3 saturated carbocycles. The summed E-state index contributed by atoms with van der Waals surface area (Å²) in [7, 11) is -3.41. The fourth-order valence-electron chi connectivity index (χ4n) is 5.89. The maximum atomic E-state index is 13.0. The molecule has 34 heavy (non-hydrogen) atoms. The predicted molar refractivity (Wildman–Crippen MR) is 133 cm³/mol. The fraction of sp³-hybridized carbons (Fsp3) is 0.920. The van der Waals surface area contributed by atoms with Gasteiger partial charge in [-0.25, -0.2) is 13.1 Å². The maximum absolute atomic E-state index is 13.0. The van der Waals surface area contributed by atoms with Crippen LogP contribution >= 0.6 is 0 Å². The van der Waals surface area contributed by atoms with Crippen LogP contribution in [-0.4, -0.2) is 56.3 Å². The molecule has 4 atom stereocenters. The van der Waals surface area contributed by atoms with Crippen LogP contribution in [0, 0.1) is 11.8 Å². The molecule has 3 N–H and O–H groups in total. The van der Waals surface area contributed by atoms with Crippen molar-refractivity contribution in [1.29, 1.82) is 0 Å². The molecule has 0 bridgehead atoms. The Kier molecular flexibility index (Phi) is 10.2. The van der Waals surface area contributed by atoms with Gasteiger partial charge in [0.05, 0.1) is 11.4 Å². The Bertz CT molecular complexity index is 779. The lowest BCUT2D eigenvalue weighted by Crippen LogP contribution is -2.48. The summed E-state index contributed by atoms with van der Waals surface area (Å²) in [6.45, 7) is 6.55. The lowest BCUT2D eigenvalue weighted by molar-refractivity contribution is -0.130. The first kappa shape index (κ1) is 27.4. The van der Waals surface area contributed by atoms with E-state index in [0.29, 0.717) is 32.3 Å². The van der Waals surface area contributed by atoms with E-state index in [4.69, 9.17) is 4.74 Å². The minimum atomic E-state index is -3.41. The Morgan fingerprint density at radius 2 is 1.44 bits per heavy atom. The van der Waals surface area contributed by atoms with Crippen LogP contribution in [0.1, 0.15) is 97.8 Å². The Balaban J connectivity index is 1.47. The third-order valence-corrected chi connectivity index (χ3v) is 9.67. The van der Waals surface area contributed by atoms with E-state index in [1.54, 1.807) is 0 Å². The van der Waals surface area contributed by atoms with Gasteiger partial charge in [-0.1, -0.05) is 12.8 Å². The SMILES string of the molecule is CCOC1CCC(S(=O)(=O)NC2CCCC(C(=O)NC3CCCC(C(=O)NC(C)C)C3)C2)CC1. The van der Waals surface area contributed by atoms with Crippen LogP contribution in [0.25, 0.3) is 0 Å². The summed E-state index contributed by atoms with van der Waals surface area (Å²) in [5.74, 6) is -0.141. The van der Waals surface area contributed by atoms with Crippen LogP contribution in [0.5, 0.6) is 0 Å². The summed E-state index contributed by atoms with van der Waals surface area (Å²) >= 11 is 0. The molecule has 9 heteroatoms. The molecule has 3 rings (SSSR count). The van der Waals surface area contributed by atoms with Crippen LogP contribution in [0.15, 0.2) is 0 Å². The molecular weight excluding hydrogens is 454 g/mol. The second kappa shape index (κ2) is 12.7. The summed E-state index contributed by atoms with van der Waals surface area (Å²) in [6.07, 6.45) is 9.32. The first-order valence-corrected chi connectivity index (χ1v) is 15.0. The van der Waals surface area contributed by atoms with E-state index in [2.05, 4.69) is 15.4 Å². The number of carbonyl (C=O) groups excluding carboxylic acids is 2. The van der Waals surface area contributed by atoms with Gasteiger partial charge in [-0.05, 0) is 85.0 Å². The standard InChI is InChI=1S/C25H45N3O5S/c1-4-33-22-11-13-23(14-12-22)34(31,32)28-21-10-6-8-19(16-21)25(30)27-20-9-5-7-18(15-20)24(29)26-17(2)3/h17-23,28H,4-16H2,1-3H3,(H,26,29)(H,27,30). The number of amides is 2. The zero-order chi connectivity index (χ0) is 24.7. The van der Waals surface area contributed by atoms with Crippen molar-refractivity contribution in [2.24, 2.45) is 11.8 Å². The molecule has 3 fully saturated rings. The largest absolute Gasteiger partial charge is 0.379 e. The summed E-state index contributed by atoms with van der Waals surface area (Å²) in [5, 5.41) is 5.80. The van der Waals surface area contributed by atoms with Gasteiger partial charge in [-0.3, -0.25) is 9.59 Å². The smallest absolute Gasteiger partial charge is 0.223 e. The molecule has 0 radical (unpaired) electrons. The highest BCUT2D eigenvalue weighted by Gasteiger charge is 2.36. The Morgan fingerprint density at radius 3 is 2.06 bits per heavy atom. The normalized spacial score (nSPS) is 32.8. The molecule has 4 unspecified atom stereocenters. The summed E-state index contributed by atoms with van der Waals surface area (Å²) in [6, 6.07) is -0.0538. The van der Waals surface area contributed by atoms with Gasteiger partial charge in [0.25, 0.3) is 0 Å². The first-order valence-electron chi connectivity index (χ1n) is 13.4. The minimum Gasteiger partial charge on any atom is -0.379 e. The summed E-state index contributed by atoms with van der Waals surface area (Å²) in [4.78, 5) is 25.4. The fourth-order valence-corrected chi connectivity index (χ4v) is 7.65. The number of hydrogen-bond donors (Lipinski definition) is 3. The molecule has 0 aliphatic heterocycles. The lowest BCUT2D eigenvalue weighted by atomic mass is 9.83. The molecule has 196 valence electrons. The van der Waals surface area contributed by atoms with E-state index in [9.17, 15) is 18.0 Å². The van der Waals surface area contributed by atoms with Crippen molar-refractivity contribution in [3.8, 4) is 0 Å².